The third kappa shape index (κ3) is 5.20. The van der Waals surface area contributed by atoms with Crippen LogP contribution in [0.2, 0.25) is 0 Å². The first-order chi connectivity index (χ1) is 15.0. The summed E-state index contributed by atoms with van der Waals surface area (Å²) in [6.45, 7) is 3.33. The van der Waals surface area contributed by atoms with Crippen molar-refractivity contribution in [1.29, 1.82) is 0 Å². The van der Waals surface area contributed by atoms with Crippen LogP contribution in [0.25, 0.3) is 0 Å². The number of anilines is 2. The molecule has 0 spiro atoms. The van der Waals surface area contributed by atoms with Gasteiger partial charge in [0.2, 0.25) is 0 Å². The van der Waals surface area contributed by atoms with Crippen molar-refractivity contribution in [3.8, 4) is 0 Å². The molecule has 0 saturated carbocycles. The Morgan fingerprint density at radius 2 is 1.45 bits per heavy atom. The normalized spacial score (nSPS) is 15.0. The molecule has 1 heterocycles. The van der Waals surface area contributed by atoms with Crippen LogP contribution in [0.5, 0.6) is 0 Å². The van der Waals surface area contributed by atoms with E-state index in [9.17, 15) is 13.2 Å². The average Bonchev–Trinajstić information content (AvgIpc) is 3.07. The highest BCUT2D eigenvalue weighted by atomic mass is 19.4. The van der Waals surface area contributed by atoms with Gasteiger partial charge in [-0.05, 0) is 42.3 Å². The molecule has 3 aromatic carbocycles. The molecule has 0 atom stereocenters. The van der Waals surface area contributed by atoms with Crippen molar-refractivity contribution in [2.75, 3.05) is 36.4 Å². The maximum absolute atomic E-state index is 13.9. The summed E-state index contributed by atoms with van der Waals surface area (Å²) in [6.07, 6.45) is -3.49. The van der Waals surface area contributed by atoms with Gasteiger partial charge in [0.15, 0.2) is 0 Å². The fraction of sp³-hybridized carbons (Fsp3) is 0.280. The molecule has 31 heavy (non-hydrogen) atoms. The number of nitrogens with one attached hydrogen (secondary N) is 2. The van der Waals surface area contributed by atoms with Crippen LogP contribution in [0, 0.1) is 0 Å². The van der Waals surface area contributed by atoms with Gasteiger partial charge < -0.3 is 15.5 Å². The molecule has 3 nitrogen and oxygen atoms in total. The van der Waals surface area contributed by atoms with Crippen molar-refractivity contribution < 1.29 is 13.2 Å². The maximum Gasteiger partial charge on any atom is 0.418 e. The molecule has 0 radical (unpaired) electrons. The monoisotopic (exact) mass is 425 g/mol. The third-order valence-corrected chi connectivity index (χ3v) is 5.58. The molecule has 0 bridgehead atoms. The molecule has 3 aromatic rings. The molecule has 1 saturated heterocycles. The Morgan fingerprint density at radius 3 is 2.06 bits per heavy atom. The smallest absolute Gasteiger partial charge is 0.374 e. The first-order valence-electron chi connectivity index (χ1n) is 10.6. The minimum atomic E-state index is -4.45. The second kappa shape index (κ2) is 9.43. The lowest BCUT2D eigenvalue weighted by Crippen LogP contribution is -2.28. The molecule has 1 aliphatic rings. The van der Waals surface area contributed by atoms with Crippen LogP contribution in [-0.4, -0.2) is 26.2 Å². The van der Waals surface area contributed by atoms with Crippen LogP contribution in [0.3, 0.4) is 0 Å². The standard InChI is InChI=1S/C25H26F3N3/c26-25(27,28)22-13-12-21(31-16-7-14-29-15-17-31)18-23(22)30-24(19-8-3-1-4-9-19)20-10-5-2-6-11-20/h1-6,8-13,18,24,29-30H,7,14-17H2. The summed E-state index contributed by atoms with van der Waals surface area (Å²) in [6, 6.07) is 23.2. The number of alkyl halides is 3. The van der Waals surface area contributed by atoms with Gasteiger partial charge in [0.05, 0.1) is 11.6 Å². The molecular formula is C25H26F3N3. The van der Waals surface area contributed by atoms with E-state index < -0.39 is 17.8 Å². The van der Waals surface area contributed by atoms with Gasteiger partial charge in [-0.2, -0.15) is 13.2 Å². The third-order valence-electron chi connectivity index (χ3n) is 5.58. The van der Waals surface area contributed by atoms with Crippen LogP contribution in [0.15, 0.2) is 78.9 Å². The van der Waals surface area contributed by atoms with Gasteiger partial charge in [-0.1, -0.05) is 60.7 Å². The summed E-state index contributed by atoms with van der Waals surface area (Å²) in [5.41, 5.74) is 2.07. The predicted octanol–water partition coefficient (Wildman–Crippen LogP) is 5.71. The second-order valence-electron chi connectivity index (χ2n) is 7.72. The van der Waals surface area contributed by atoms with Crippen LogP contribution in [-0.2, 0) is 6.18 Å². The zero-order valence-electron chi connectivity index (χ0n) is 17.2. The lowest BCUT2D eigenvalue weighted by Gasteiger charge is -2.27. The van der Waals surface area contributed by atoms with Crippen molar-refractivity contribution in [2.45, 2.75) is 18.6 Å². The number of hydrogen-bond acceptors (Lipinski definition) is 3. The number of nitrogens with zero attached hydrogens (tertiary/aromatic N) is 1. The Labute approximate surface area is 180 Å². The largest absolute Gasteiger partial charge is 0.418 e. The molecule has 0 amide bonds. The highest BCUT2D eigenvalue weighted by Crippen LogP contribution is 2.39. The maximum atomic E-state index is 13.9. The topological polar surface area (TPSA) is 27.3 Å². The summed E-state index contributed by atoms with van der Waals surface area (Å²) in [5.74, 6) is 0. The lowest BCUT2D eigenvalue weighted by atomic mass is 9.97. The molecule has 1 aliphatic heterocycles. The van der Waals surface area contributed by atoms with E-state index in [0.717, 1.165) is 49.4 Å². The zero-order valence-corrected chi connectivity index (χ0v) is 17.2. The van der Waals surface area contributed by atoms with Crippen LogP contribution in [0.4, 0.5) is 24.5 Å². The summed E-state index contributed by atoms with van der Waals surface area (Å²) in [4.78, 5) is 2.14. The molecule has 0 unspecified atom stereocenters. The highest BCUT2D eigenvalue weighted by Gasteiger charge is 2.34. The summed E-state index contributed by atoms with van der Waals surface area (Å²) < 4.78 is 41.6. The van der Waals surface area contributed by atoms with Gasteiger partial charge in [-0.15, -0.1) is 0 Å². The van der Waals surface area contributed by atoms with Crippen molar-refractivity contribution >= 4 is 11.4 Å². The molecule has 162 valence electrons. The Bertz CT molecular complexity index is 927. The lowest BCUT2D eigenvalue weighted by molar-refractivity contribution is -0.137. The van der Waals surface area contributed by atoms with E-state index in [1.165, 1.54) is 6.07 Å². The predicted molar refractivity (Wildman–Crippen MR) is 119 cm³/mol. The number of halogens is 3. The summed E-state index contributed by atoms with van der Waals surface area (Å²) in [5, 5.41) is 6.55. The zero-order chi connectivity index (χ0) is 21.7. The van der Waals surface area contributed by atoms with Gasteiger partial charge in [-0.3, -0.25) is 0 Å². The number of rotatable bonds is 5. The second-order valence-corrected chi connectivity index (χ2v) is 7.72. The molecular weight excluding hydrogens is 399 g/mol. The van der Waals surface area contributed by atoms with Gasteiger partial charge in [0.25, 0.3) is 0 Å². The van der Waals surface area contributed by atoms with E-state index in [1.807, 2.05) is 60.7 Å². The first-order valence-corrected chi connectivity index (χ1v) is 10.6. The van der Waals surface area contributed by atoms with E-state index in [1.54, 1.807) is 12.1 Å². The summed E-state index contributed by atoms with van der Waals surface area (Å²) >= 11 is 0. The molecule has 2 N–H and O–H groups in total. The van der Waals surface area contributed by atoms with Crippen LogP contribution in [0.1, 0.15) is 29.2 Å². The number of benzene rings is 3. The quantitative estimate of drug-likeness (QED) is 0.549. The van der Waals surface area contributed by atoms with Crippen LogP contribution < -0.4 is 15.5 Å². The molecule has 0 aromatic heterocycles. The molecule has 0 aliphatic carbocycles. The number of hydrogen-bond donors (Lipinski definition) is 2. The minimum Gasteiger partial charge on any atom is -0.374 e. The SMILES string of the molecule is FC(F)(F)c1ccc(N2CCCNCC2)cc1NC(c1ccccc1)c1ccccc1. The Hall–Kier alpha value is -2.99. The van der Waals surface area contributed by atoms with Gasteiger partial charge >= 0.3 is 6.18 Å². The first kappa shape index (κ1) is 21.2. The van der Waals surface area contributed by atoms with E-state index in [-0.39, 0.29) is 5.69 Å². The molecule has 1 fully saturated rings. The van der Waals surface area contributed by atoms with E-state index in [2.05, 4.69) is 15.5 Å². The van der Waals surface area contributed by atoms with Crippen molar-refractivity contribution in [1.82, 2.24) is 5.32 Å². The van der Waals surface area contributed by atoms with Gasteiger partial charge in [0.1, 0.15) is 0 Å². The Balaban J connectivity index is 1.75. The van der Waals surface area contributed by atoms with Gasteiger partial charge in [-0.25, -0.2) is 0 Å². The minimum absolute atomic E-state index is 0.0971. The average molecular weight is 425 g/mol. The van der Waals surface area contributed by atoms with E-state index in [0.29, 0.717) is 0 Å². The van der Waals surface area contributed by atoms with Crippen LogP contribution >= 0.6 is 0 Å². The molecule has 4 rings (SSSR count). The Kier molecular flexibility index (Phi) is 6.47. The summed E-state index contributed by atoms with van der Waals surface area (Å²) in [7, 11) is 0. The fourth-order valence-electron chi connectivity index (χ4n) is 4.01. The van der Waals surface area contributed by atoms with Crippen molar-refractivity contribution in [3.63, 3.8) is 0 Å². The van der Waals surface area contributed by atoms with E-state index in [4.69, 9.17) is 0 Å². The van der Waals surface area contributed by atoms with E-state index >= 15 is 0 Å². The van der Waals surface area contributed by atoms with Crippen molar-refractivity contribution in [3.05, 3.63) is 95.6 Å². The Morgan fingerprint density at radius 1 is 0.806 bits per heavy atom. The molecule has 6 heteroatoms. The van der Waals surface area contributed by atoms with Gasteiger partial charge in [0, 0.05) is 31.0 Å². The van der Waals surface area contributed by atoms with Crippen molar-refractivity contribution in [2.24, 2.45) is 0 Å². The fourth-order valence-corrected chi connectivity index (χ4v) is 4.01. The highest BCUT2D eigenvalue weighted by molar-refractivity contribution is 5.65.